The third kappa shape index (κ3) is 6.28. The van der Waals surface area contributed by atoms with Crippen LogP contribution in [0, 0.1) is 0 Å². The number of allylic oxidation sites excluding steroid dienone is 1. The van der Waals surface area contributed by atoms with Gasteiger partial charge in [0, 0.05) is 33.7 Å². The van der Waals surface area contributed by atoms with Gasteiger partial charge in [0.1, 0.15) is 18.8 Å². The second-order valence-corrected chi connectivity index (χ2v) is 12.0. The monoisotopic (exact) mass is 641 g/mol. The summed E-state index contributed by atoms with van der Waals surface area (Å²) in [6.07, 6.45) is 3.59. The van der Waals surface area contributed by atoms with Gasteiger partial charge in [-0.15, -0.1) is 0 Å². The number of pyridine rings is 1. The Morgan fingerprint density at radius 2 is 1.73 bits per heavy atom. The van der Waals surface area contributed by atoms with Crippen molar-refractivity contribution < 1.29 is 24.0 Å². The summed E-state index contributed by atoms with van der Waals surface area (Å²) in [5, 5.41) is 6.63. The second kappa shape index (κ2) is 13.3. The number of nitrogens with two attached hydrogens (primary N) is 1. The standard InChI is InChI=1S/C31H27N7O5S2/c1-42-36-24(27-35-31(32)45-37-27)28(39)34-23-21-12-13-22(44-20-14-16-33-17-15-20)25(38(21)29(23)40)30(41)43-26(18-8-4-2-5-9-18)19-10-6-3-7-11-19/h2-11,14-17,21,23,26H,12-13H2,1H3,(H,34,39)(H2,32,35,37). The first-order valence-electron chi connectivity index (χ1n) is 13.9. The molecule has 2 aliphatic heterocycles. The minimum absolute atomic E-state index is 0.0165. The maximum atomic E-state index is 14.2. The molecule has 14 heteroatoms. The fraction of sp³-hybridized carbons (Fsp3) is 0.194. The Morgan fingerprint density at radius 1 is 1.07 bits per heavy atom. The molecule has 45 heavy (non-hydrogen) atoms. The molecule has 1 fully saturated rings. The normalized spacial score (nSPS) is 17.9. The van der Waals surface area contributed by atoms with Gasteiger partial charge in [0.25, 0.3) is 11.8 Å². The molecule has 2 aliphatic rings. The number of nitrogens with one attached hydrogen (secondary N) is 1. The number of rotatable bonds is 10. The van der Waals surface area contributed by atoms with Gasteiger partial charge in [-0.2, -0.15) is 9.36 Å². The number of carbonyl (C=O) groups excluding carboxylic acids is 3. The van der Waals surface area contributed by atoms with E-state index in [4.69, 9.17) is 15.3 Å². The minimum atomic E-state index is -0.912. The molecule has 0 bridgehead atoms. The van der Waals surface area contributed by atoms with Crippen molar-refractivity contribution in [3.63, 3.8) is 0 Å². The van der Waals surface area contributed by atoms with Crippen molar-refractivity contribution in [2.75, 3.05) is 12.8 Å². The number of amides is 2. The average Bonchev–Trinajstić information content (AvgIpc) is 3.51. The highest BCUT2D eigenvalue weighted by molar-refractivity contribution is 8.03. The van der Waals surface area contributed by atoms with Crippen molar-refractivity contribution in [1.82, 2.24) is 24.6 Å². The van der Waals surface area contributed by atoms with Gasteiger partial charge in [-0.1, -0.05) is 77.6 Å². The number of ether oxygens (including phenoxy) is 1. The number of carbonyl (C=O) groups is 3. The molecular formula is C31H27N7O5S2. The molecular weight excluding hydrogens is 615 g/mol. The van der Waals surface area contributed by atoms with E-state index in [1.165, 1.54) is 23.8 Å². The number of thioether (sulfide) groups is 1. The highest BCUT2D eigenvalue weighted by Gasteiger charge is 2.54. The molecule has 1 saturated heterocycles. The zero-order chi connectivity index (χ0) is 31.3. The molecule has 4 heterocycles. The quantitative estimate of drug-likeness (QED) is 0.113. The Balaban J connectivity index is 1.30. The van der Waals surface area contributed by atoms with E-state index < -0.39 is 36.0 Å². The summed E-state index contributed by atoms with van der Waals surface area (Å²) < 4.78 is 10.2. The molecule has 0 spiro atoms. The molecule has 228 valence electrons. The first-order valence-corrected chi connectivity index (χ1v) is 15.5. The van der Waals surface area contributed by atoms with Gasteiger partial charge in [0.2, 0.25) is 11.5 Å². The lowest BCUT2D eigenvalue weighted by Gasteiger charge is -2.50. The number of hydrogen-bond donors (Lipinski definition) is 2. The van der Waals surface area contributed by atoms with Crippen molar-refractivity contribution in [2.45, 2.75) is 35.9 Å². The summed E-state index contributed by atoms with van der Waals surface area (Å²) in [5.41, 5.74) is 7.19. The number of fused-ring (bicyclic) bond motifs is 1. The van der Waals surface area contributed by atoms with Crippen LogP contribution in [0.1, 0.15) is 35.9 Å². The van der Waals surface area contributed by atoms with Crippen LogP contribution in [0.2, 0.25) is 0 Å². The molecule has 4 aromatic rings. The Hall–Kier alpha value is -5.08. The highest BCUT2D eigenvalue weighted by Crippen LogP contribution is 2.44. The number of anilines is 1. The van der Waals surface area contributed by atoms with E-state index in [1.807, 2.05) is 72.8 Å². The van der Waals surface area contributed by atoms with Gasteiger partial charge in [-0.25, -0.2) is 4.79 Å². The summed E-state index contributed by atoms with van der Waals surface area (Å²) in [4.78, 5) is 57.0. The van der Waals surface area contributed by atoms with E-state index in [0.29, 0.717) is 17.7 Å². The second-order valence-electron chi connectivity index (χ2n) is 10.0. The number of nitrogen functional groups attached to an aromatic ring is 1. The van der Waals surface area contributed by atoms with Gasteiger partial charge in [0.15, 0.2) is 11.2 Å². The van der Waals surface area contributed by atoms with E-state index in [9.17, 15) is 14.4 Å². The van der Waals surface area contributed by atoms with Crippen molar-refractivity contribution in [3.05, 3.63) is 113 Å². The van der Waals surface area contributed by atoms with Crippen LogP contribution >= 0.6 is 23.3 Å². The van der Waals surface area contributed by atoms with E-state index >= 15 is 0 Å². The number of benzene rings is 2. The maximum Gasteiger partial charge on any atom is 0.356 e. The molecule has 0 aliphatic carbocycles. The fourth-order valence-electron chi connectivity index (χ4n) is 5.23. The predicted molar refractivity (Wildman–Crippen MR) is 168 cm³/mol. The van der Waals surface area contributed by atoms with Crippen molar-refractivity contribution in [1.29, 1.82) is 0 Å². The molecule has 2 unspecified atom stereocenters. The lowest BCUT2D eigenvalue weighted by atomic mass is 9.86. The zero-order valence-electron chi connectivity index (χ0n) is 23.9. The molecule has 2 amide bonds. The number of hydrogen-bond acceptors (Lipinski definition) is 12. The summed E-state index contributed by atoms with van der Waals surface area (Å²) in [6, 6.07) is 21.1. The van der Waals surface area contributed by atoms with Gasteiger partial charge < -0.3 is 20.6 Å². The Labute approximate surface area is 266 Å². The van der Waals surface area contributed by atoms with Crippen molar-refractivity contribution >= 4 is 51.9 Å². The summed E-state index contributed by atoms with van der Waals surface area (Å²) in [6.45, 7) is 0. The number of β-lactam (4-membered cyclic amide) rings is 1. The van der Waals surface area contributed by atoms with Crippen LogP contribution < -0.4 is 11.1 Å². The summed E-state index contributed by atoms with van der Waals surface area (Å²) in [5.74, 6) is -1.81. The minimum Gasteiger partial charge on any atom is -0.448 e. The summed E-state index contributed by atoms with van der Waals surface area (Å²) in [7, 11) is 1.28. The molecule has 12 nitrogen and oxygen atoms in total. The van der Waals surface area contributed by atoms with Gasteiger partial charge in [-0.05, 0) is 36.1 Å². The molecule has 0 saturated carbocycles. The summed E-state index contributed by atoms with van der Waals surface area (Å²) >= 11 is 2.28. The number of oxime groups is 1. The van der Waals surface area contributed by atoms with Crippen LogP contribution in [0.4, 0.5) is 5.13 Å². The zero-order valence-corrected chi connectivity index (χ0v) is 25.5. The van der Waals surface area contributed by atoms with Crippen LogP contribution in [0.15, 0.2) is 106 Å². The molecule has 6 rings (SSSR count). The lowest BCUT2D eigenvalue weighted by Crippen LogP contribution is -2.72. The average molecular weight is 642 g/mol. The van der Waals surface area contributed by atoms with Crippen LogP contribution in [-0.2, 0) is 24.0 Å². The Kier molecular flexibility index (Phi) is 8.84. The maximum absolute atomic E-state index is 14.2. The lowest BCUT2D eigenvalue weighted by molar-refractivity contribution is -0.158. The predicted octanol–water partition coefficient (Wildman–Crippen LogP) is 3.69. The molecule has 0 radical (unpaired) electrons. The molecule has 2 atom stereocenters. The van der Waals surface area contributed by atoms with E-state index in [1.54, 1.807) is 12.4 Å². The third-order valence-corrected chi connectivity index (χ3v) is 8.94. The van der Waals surface area contributed by atoms with Crippen molar-refractivity contribution in [3.8, 4) is 0 Å². The van der Waals surface area contributed by atoms with Gasteiger partial charge >= 0.3 is 5.97 Å². The van der Waals surface area contributed by atoms with Gasteiger partial charge in [0.05, 0.1) is 6.04 Å². The van der Waals surface area contributed by atoms with E-state index in [0.717, 1.165) is 27.6 Å². The smallest absolute Gasteiger partial charge is 0.356 e. The topological polar surface area (TPSA) is 162 Å². The van der Waals surface area contributed by atoms with E-state index in [-0.39, 0.29) is 22.4 Å². The largest absolute Gasteiger partial charge is 0.448 e. The van der Waals surface area contributed by atoms with E-state index in [2.05, 4.69) is 24.8 Å². The molecule has 3 N–H and O–H groups in total. The van der Waals surface area contributed by atoms with Crippen LogP contribution in [0.25, 0.3) is 0 Å². The first kappa shape index (κ1) is 30.0. The SMILES string of the molecule is CON=C(C(=O)NC1C(=O)N2C(C(=O)OC(c3ccccc3)c3ccccc3)=C(Sc3ccncc3)CCC12)c1nsc(N)n1. The van der Waals surface area contributed by atoms with Crippen LogP contribution in [-0.4, -0.2) is 61.9 Å². The van der Waals surface area contributed by atoms with Crippen LogP contribution in [0.3, 0.4) is 0 Å². The molecule has 2 aromatic heterocycles. The van der Waals surface area contributed by atoms with Gasteiger partial charge in [-0.3, -0.25) is 19.5 Å². The number of aromatic nitrogens is 3. The first-order chi connectivity index (χ1) is 21.9. The Bertz CT molecular complexity index is 1730. The Morgan fingerprint density at radius 3 is 2.33 bits per heavy atom. The highest BCUT2D eigenvalue weighted by atomic mass is 32.2. The third-order valence-electron chi connectivity index (χ3n) is 7.24. The number of esters is 1. The number of nitrogens with zero attached hydrogens (tertiary/aromatic N) is 5. The fourth-order valence-corrected chi connectivity index (χ4v) is 6.70. The van der Waals surface area contributed by atoms with Crippen molar-refractivity contribution in [2.24, 2.45) is 5.16 Å². The molecule has 2 aromatic carbocycles. The van der Waals surface area contributed by atoms with Crippen LogP contribution in [0.5, 0.6) is 0 Å².